The Kier molecular flexibility index (Phi) is 5.20. The van der Waals surface area contributed by atoms with Crippen LogP contribution < -0.4 is 10.1 Å². The minimum Gasteiger partial charge on any atom is -0.467 e. The zero-order valence-corrected chi connectivity index (χ0v) is 15.2. The lowest BCUT2D eigenvalue weighted by Gasteiger charge is -2.39. The average Bonchev–Trinajstić information content (AvgIpc) is 2.54. The van der Waals surface area contributed by atoms with Gasteiger partial charge in [-0.1, -0.05) is 0 Å². The number of benzene rings is 1. The van der Waals surface area contributed by atoms with Crippen LogP contribution in [0.25, 0.3) is 0 Å². The maximum Gasteiger partial charge on any atom is 0.193 e. The highest BCUT2D eigenvalue weighted by Gasteiger charge is 2.28. The first kappa shape index (κ1) is 17.4. The van der Waals surface area contributed by atoms with Crippen molar-refractivity contribution in [2.45, 2.75) is 31.7 Å². The standard InChI is InChI=1S/C17H24FN3O2S/c1-17(2)10-21(4-5-24-17)16(19-3)20-8-12-6-14(18)7-13-9-22-11-23-15(12)13/h6-7H,4-5,8-11H2,1-3H3,(H,19,20). The predicted octanol–water partition coefficient (Wildman–Crippen LogP) is 2.60. The monoisotopic (exact) mass is 353 g/mol. The van der Waals surface area contributed by atoms with Gasteiger partial charge in [-0.25, -0.2) is 4.39 Å². The Balaban J connectivity index is 1.71. The molecule has 0 bridgehead atoms. The molecule has 24 heavy (non-hydrogen) atoms. The van der Waals surface area contributed by atoms with Gasteiger partial charge in [-0.15, -0.1) is 0 Å². The Morgan fingerprint density at radius 3 is 3.04 bits per heavy atom. The summed E-state index contributed by atoms with van der Waals surface area (Å²) in [5.41, 5.74) is 1.55. The van der Waals surface area contributed by atoms with Crippen molar-refractivity contribution >= 4 is 17.7 Å². The van der Waals surface area contributed by atoms with Crippen molar-refractivity contribution in [3.8, 4) is 5.75 Å². The van der Waals surface area contributed by atoms with Crippen molar-refractivity contribution in [3.63, 3.8) is 0 Å². The fourth-order valence-electron chi connectivity index (χ4n) is 3.09. The van der Waals surface area contributed by atoms with Crippen LogP contribution in [0.15, 0.2) is 17.1 Å². The van der Waals surface area contributed by atoms with E-state index >= 15 is 0 Å². The van der Waals surface area contributed by atoms with Gasteiger partial charge in [0.05, 0.1) is 6.61 Å². The molecule has 1 aromatic carbocycles. The van der Waals surface area contributed by atoms with Gasteiger partial charge < -0.3 is 19.7 Å². The van der Waals surface area contributed by atoms with E-state index in [1.165, 1.54) is 12.1 Å². The summed E-state index contributed by atoms with van der Waals surface area (Å²) < 4.78 is 24.8. The summed E-state index contributed by atoms with van der Waals surface area (Å²) in [6, 6.07) is 2.98. The average molecular weight is 353 g/mol. The van der Waals surface area contributed by atoms with Crippen molar-refractivity contribution in [2.75, 3.05) is 32.7 Å². The van der Waals surface area contributed by atoms with Crippen LogP contribution in [-0.2, 0) is 17.9 Å². The Bertz CT molecular complexity index is 637. The number of guanidine groups is 1. The van der Waals surface area contributed by atoms with Gasteiger partial charge in [0.15, 0.2) is 12.8 Å². The molecule has 1 fully saturated rings. The molecule has 2 aliphatic rings. The number of halogens is 1. The second-order valence-electron chi connectivity index (χ2n) is 6.59. The fourth-order valence-corrected chi connectivity index (χ4v) is 4.20. The SMILES string of the molecule is CN=C(NCc1cc(F)cc2c1OCOC2)N1CCSC(C)(C)C1. The highest BCUT2D eigenvalue weighted by molar-refractivity contribution is 8.00. The minimum absolute atomic E-state index is 0.203. The third kappa shape index (κ3) is 3.95. The number of nitrogens with one attached hydrogen (secondary N) is 1. The first-order chi connectivity index (χ1) is 11.5. The van der Waals surface area contributed by atoms with Crippen molar-refractivity contribution < 1.29 is 13.9 Å². The van der Waals surface area contributed by atoms with Crippen LogP contribution in [-0.4, -0.2) is 48.3 Å². The fraction of sp³-hybridized carbons (Fsp3) is 0.588. The zero-order chi connectivity index (χ0) is 17.2. The largest absolute Gasteiger partial charge is 0.467 e. The quantitative estimate of drug-likeness (QED) is 0.654. The highest BCUT2D eigenvalue weighted by Crippen LogP contribution is 2.31. The first-order valence-corrected chi connectivity index (χ1v) is 9.08. The van der Waals surface area contributed by atoms with E-state index in [-0.39, 0.29) is 17.4 Å². The molecule has 132 valence electrons. The van der Waals surface area contributed by atoms with Crippen LogP contribution in [0.1, 0.15) is 25.0 Å². The van der Waals surface area contributed by atoms with Gasteiger partial charge in [-0.3, -0.25) is 4.99 Å². The van der Waals surface area contributed by atoms with Crippen molar-refractivity contribution in [2.24, 2.45) is 4.99 Å². The first-order valence-electron chi connectivity index (χ1n) is 8.10. The van der Waals surface area contributed by atoms with E-state index in [1.807, 2.05) is 11.8 Å². The molecule has 0 saturated carbocycles. The Hall–Kier alpha value is -1.47. The van der Waals surface area contributed by atoms with E-state index < -0.39 is 0 Å². The molecule has 0 radical (unpaired) electrons. The van der Waals surface area contributed by atoms with Crippen LogP contribution in [0.3, 0.4) is 0 Å². The van der Waals surface area contributed by atoms with Crippen molar-refractivity contribution in [1.29, 1.82) is 0 Å². The summed E-state index contributed by atoms with van der Waals surface area (Å²) in [4.78, 5) is 6.65. The normalized spacial score (nSPS) is 20.3. The van der Waals surface area contributed by atoms with E-state index in [0.717, 1.165) is 41.7 Å². The molecule has 1 aromatic rings. The van der Waals surface area contributed by atoms with Gasteiger partial charge >= 0.3 is 0 Å². The smallest absolute Gasteiger partial charge is 0.193 e. The number of hydrogen-bond donors (Lipinski definition) is 1. The number of hydrogen-bond acceptors (Lipinski definition) is 4. The molecule has 7 heteroatoms. The molecule has 1 saturated heterocycles. The molecule has 0 spiro atoms. The van der Waals surface area contributed by atoms with Crippen molar-refractivity contribution in [3.05, 3.63) is 29.1 Å². The topological polar surface area (TPSA) is 46.1 Å². The number of thioether (sulfide) groups is 1. The zero-order valence-electron chi connectivity index (χ0n) is 14.4. The number of nitrogens with zero attached hydrogens (tertiary/aromatic N) is 2. The minimum atomic E-state index is -0.273. The second-order valence-corrected chi connectivity index (χ2v) is 8.40. The number of aliphatic imine (C=N–C) groups is 1. The summed E-state index contributed by atoms with van der Waals surface area (Å²) in [5.74, 6) is 2.36. The van der Waals surface area contributed by atoms with Crippen LogP contribution in [0.2, 0.25) is 0 Å². The maximum atomic E-state index is 13.8. The van der Waals surface area contributed by atoms with E-state index in [2.05, 4.69) is 29.1 Å². The molecular weight excluding hydrogens is 329 g/mol. The van der Waals surface area contributed by atoms with Gasteiger partial charge in [-0.2, -0.15) is 11.8 Å². The molecular formula is C17H24FN3O2S. The van der Waals surface area contributed by atoms with Gasteiger partial charge in [0.2, 0.25) is 0 Å². The molecule has 0 atom stereocenters. The third-order valence-corrected chi connectivity index (χ3v) is 5.42. The van der Waals surface area contributed by atoms with Gasteiger partial charge in [0.1, 0.15) is 11.6 Å². The molecule has 2 aliphatic heterocycles. The van der Waals surface area contributed by atoms with Gasteiger partial charge in [-0.05, 0) is 26.0 Å². The third-order valence-electron chi connectivity index (χ3n) is 4.13. The number of fused-ring (bicyclic) bond motifs is 1. The Labute approximate surface area is 146 Å². The Morgan fingerprint density at radius 1 is 1.46 bits per heavy atom. The van der Waals surface area contributed by atoms with E-state index in [1.54, 1.807) is 7.05 Å². The Morgan fingerprint density at radius 2 is 2.29 bits per heavy atom. The van der Waals surface area contributed by atoms with Gasteiger partial charge in [0.25, 0.3) is 0 Å². The summed E-state index contributed by atoms with van der Waals surface area (Å²) in [7, 11) is 1.78. The van der Waals surface area contributed by atoms with Crippen LogP contribution in [0.5, 0.6) is 5.75 Å². The lowest BCUT2D eigenvalue weighted by molar-refractivity contribution is -0.0173. The summed E-state index contributed by atoms with van der Waals surface area (Å²) in [6.45, 7) is 7.44. The van der Waals surface area contributed by atoms with E-state index in [4.69, 9.17) is 9.47 Å². The lowest BCUT2D eigenvalue weighted by atomic mass is 10.1. The summed E-state index contributed by atoms with van der Waals surface area (Å²) >= 11 is 1.98. The van der Waals surface area contributed by atoms with Gasteiger partial charge in [0, 0.05) is 48.3 Å². The maximum absolute atomic E-state index is 13.8. The number of ether oxygens (including phenoxy) is 2. The number of rotatable bonds is 2. The predicted molar refractivity (Wildman–Crippen MR) is 95.0 cm³/mol. The molecule has 5 nitrogen and oxygen atoms in total. The summed E-state index contributed by atoms with van der Waals surface area (Å²) in [6.07, 6.45) is 0. The van der Waals surface area contributed by atoms with Crippen LogP contribution in [0, 0.1) is 5.82 Å². The van der Waals surface area contributed by atoms with Crippen molar-refractivity contribution in [1.82, 2.24) is 10.2 Å². The van der Waals surface area contributed by atoms with Crippen LogP contribution >= 0.6 is 11.8 Å². The van der Waals surface area contributed by atoms with E-state index in [0.29, 0.717) is 13.2 Å². The molecule has 0 unspecified atom stereocenters. The second kappa shape index (κ2) is 7.19. The molecule has 3 rings (SSSR count). The molecule has 2 heterocycles. The molecule has 1 N–H and O–H groups in total. The van der Waals surface area contributed by atoms with Crippen LogP contribution in [0.4, 0.5) is 4.39 Å². The molecule has 0 aliphatic carbocycles. The molecule has 0 aromatic heterocycles. The molecule has 0 amide bonds. The van der Waals surface area contributed by atoms with E-state index in [9.17, 15) is 4.39 Å². The lowest BCUT2D eigenvalue weighted by Crippen LogP contribution is -2.50. The highest BCUT2D eigenvalue weighted by atomic mass is 32.2. The summed E-state index contributed by atoms with van der Waals surface area (Å²) in [5, 5.41) is 3.35.